The summed E-state index contributed by atoms with van der Waals surface area (Å²) in [6.45, 7) is 5.16. The predicted molar refractivity (Wildman–Crippen MR) is 66.7 cm³/mol. The van der Waals surface area contributed by atoms with Crippen LogP contribution >= 0.6 is 0 Å². The van der Waals surface area contributed by atoms with Gasteiger partial charge in [0.05, 0.1) is 5.75 Å². The number of carbonyl (C=O) groups is 1. The Morgan fingerprint density at radius 1 is 1.32 bits per heavy atom. The molecular formula is C10H17NO7S. The molecule has 0 bridgehead atoms. The van der Waals surface area contributed by atoms with Crippen LogP contribution in [0.1, 0.15) is 27.7 Å². The number of carbonyl (C=O) groups excluding carboxylic acids is 1. The van der Waals surface area contributed by atoms with E-state index in [1.54, 1.807) is 20.8 Å². The summed E-state index contributed by atoms with van der Waals surface area (Å²) in [5.74, 6) is -2.37. The first kappa shape index (κ1) is 17.5. The number of esters is 1. The summed E-state index contributed by atoms with van der Waals surface area (Å²) >= 11 is 0. The molecule has 9 heteroatoms. The minimum absolute atomic E-state index is 0.309. The lowest BCUT2D eigenvalue weighted by molar-refractivity contribution is -0.150. The highest BCUT2D eigenvalue weighted by Gasteiger charge is 2.25. The molecule has 0 aromatic carbocycles. The van der Waals surface area contributed by atoms with Gasteiger partial charge in [-0.2, -0.15) is 8.42 Å². The van der Waals surface area contributed by atoms with Crippen molar-refractivity contribution in [3.8, 4) is 0 Å². The third-order valence-electron chi connectivity index (χ3n) is 1.69. The van der Waals surface area contributed by atoms with Gasteiger partial charge in [-0.25, -0.2) is 4.79 Å². The van der Waals surface area contributed by atoms with Crippen molar-refractivity contribution in [3.05, 3.63) is 16.4 Å². The van der Waals surface area contributed by atoms with Crippen LogP contribution in [0.4, 0.5) is 0 Å². The maximum Gasteiger partial charge on any atom is 0.364 e. The van der Waals surface area contributed by atoms with Gasteiger partial charge >= 0.3 is 5.97 Å². The van der Waals surface area contributed by atoms with E-state index in [4.69, 9.17) is 4.74 Å². The molecule has 0 radical (unpaired) electrons. The van der Waals surface area contributed by atoms with Crippen molar-refractivity contribution in [3.63, 3.8) is 0 Å². The van der Waals surface area contributed by atoms with Gasteiger partial charge < -0.3 is 9.84 Å². The Balaban J connectivity index is 4.95. The van der Waals surface area contributed by atoms with Gasteiger partial charge in [-0.15, -0.1) is 4.91 Å². The first-order valence-corrected chi connectivity index (χ1v) is 6.96. The molecule has 0 saturated heterocycles. The van der Waals surface area contributed by atoms with Crippen LogP contribution in [0.2, 0.25) is 0 Å². The highest BCUT2D eigenvalue weighted by molar-refractivity contribution is 7.86. The monoisotopic (exact) mass is 295 g/mol. The second-order valence-corrected chi connectivity index (χ2v) is 6.43. The molecule has 0 heterocycles. The van der Waals surface area contributed by atoms with Crippen molar-refractivity contribution in [2.24, 2.45) is 5.18 Å². The van der Waals surface area contributed by atoms with Crippen LogP contribution in [0, 0.1) is 4.91 Å². The number of nitrogens with zero attached hydrogens (tertiary/aromatic N) is 1. The lowest BCUT2D eigenvalue weighted by atomic mass is 10.2. The van der Waals surface area contributed by atoms with Crippen LogP contribution < -0.4 is 0 Å². The molecule has 110 valence electrons. The topological polar surface area (TPSA) is 119 Å². The Bertz CT molecular complexity index is 473. The highest BCUT2D eigenvalue weighted by atomic mass is 32.2. The van der Waals surface area contributed by atoms with Crippen molar-refractivity contribution in [2.45, 2.75) is 33.3 Å². The van der Waals surface area contributed by atoms with Gasteiger partial charge in [-0.1, -0.05) is 0 Å². The van der Waals surface area contributed by atoms with E-state index in [0.29, 0.717) is 0 Å². The van der Waals surface area contributed by atoms with Crippen molar-refractivity contribution in [1.82, 2.24) is 0 Å². The van der Waals surface area contributed by atoms with Crippen molar-refractivity contribution in [2.75, 3.05) is 12.4 Å². The first-order chi connectivity index (χ1) is 8.52. The van der Waals surface area contributed by atoms with Crippen molar-refractivity contribution in [1.29, 1.82) is 0 Å². The van der Waals surface area contributed by atoms with E-state index in [-0.39, 0.29) is 5.75 Å². The Morgan fingerprint density at radius 3 is 2.21 bits per heavy atom. The van der Waals surface area contributed by atoms with Crippen LogP contribution in [0.15, 0.2) is 16.6 Å². The highest BCUT2D eigenvalue weighted by Crippen LogP contribution is 2.14. The van der Waals surface area contributed by atoms with Gasteiger partial charge in [0.25, 0.3) is 10.1 Å². The number of aliphatic hydroxyl groups is 1. The average molecular weight is 295 g/mol. The average Bonchev–Trinajstić information content (AvgIpc) is 2.25. The number of nitroso groups, excluding NO2 is 1. The molecule has 0 aromatic rings. The maximum atomic E-state index is 11.5. The summed E-state index contributed by atoms with van der Waals surface area (Å²) in [6, 6.07) is 0. The zero-order valence-electron chi connectivity index (χ0n) is 11.2. The molecule has 0 aliphatic rings. The summed E-state index contributed by atoms with van der Waals surface area (Å²) in [5.41, 5.74) is -1.80. The molecule has 0 saturated carbocycles. The van der Waals surface area contributed by atoms with Crippen LogP contribution in [0.3, 0.4) is 0 Å². The minimum atomic E-state index is -3.81. The lowest BCUT2D eigenvalue weighted by Gasteiger charge is -2.19. The zero-order valence-corrected chi connectivity index (χ0v) is 12.0. The Morgan fingerprint density at radius 2 is 1.84 bits per heavy atom. The lowest BCUT2D eigenvalue weighted by Crippen LogP contribution is -2.25. The number of ether oxygens (including phenoxy) is 1. The van der Waals surface area contributed by atoms with Crippen LogP contribution in [-0.2, 0) is 23.8 Å². The standard InChI is InChI=1S/C10H17NO7S/c1-5-19(15,16)17-6-7(12)8(11-14)9(13)18-10(2,3)4/h12H,5-6H2,1-4H3/b8-7+. The number of hydrogen-bond donors (Lipinski definition) is 1. The van der Waals surface area contributed by atoms with Gasteiger partial charge in [-0.05, 0) is 32.9 Å². The normalized spacial score (nSPS) is 13.7. The van der Waals surface area contributed by atoms with E-state index >= 15 is 0 Å². The molecule has 19 heavy (non-hydrogen) atoms. The molecule has 0 aromatic heterocycles. The number of aliphatic hydroxyl groups excluding tert-OH is 1. The Labute approximate surface area is 111 Å². The summed E-state index contributed by atoms with van der Waals surface area (Å²) in [7, 11) is -3.81. The Kier molecular flexibility index (Phi) is 6.10. The molecule has 0 amide bonds. The van der Waals surface area contributed by atoms with Crippen LogP contribution in [0.5, 0.6) is 0 Å². The van der Waals surface area contributed by atoms with Crippen LogP contribution in [0.25, 0.3) is 0 Å². The van der Waals surface area contributed by atoms with E-state index in [2.05, 4.69) is 9.36 Å². The van der Waals surface area contributed by atoms with E-state index in [1.807, 2.05) is 0 Å². The summed E-state index contributed by atoms with van der Waals surface area (Å²) in [6.07, 6.45) is 0. The van der Waals surface area contributed by atoms with E-state index in [9.17, 15) is 23.2 Å². The molecule has 0 aliphatic carbocycles. The van der Waals surface area contributed by atoms with Gasteiger partial charge in [0.15, 0.2) is 5.76 Å². The molecule has 8 nitrogen and oxygen atoms in total. The fourth-order valence-electron chi connectivity index (χ4n) is 0.831. The number of rotatable bonds is 6. The predicted octanol–water partition coefficient (Wildman–Crippen LogP) is 1.23. The molecule has 0 unspecified atom stereocenters. The molecule has 1 N–H and O–H groups in total. The second-order valence-electron chi connectivity index (χ2n) is 4.50. The molecule has 0 atom stereocenters. The van der Waals surface area contributed by atoms with Gasteiger partial charge in [0, 0.05) is 0 Å². The summed E-state index contributed by atoms with van der Waals surface area (Å²) in [5, 5.41) is 11.8. The minimum Gasteiger partial charge on any atom is -0.507 e. The van der Waals surface area contributed by atoms with Crippen molar-refractivity contribution >= 4 is 16.1 Å². The van der Waals surface area contributed by atoms with Gasteiger partial charge in [0.1, 0.15) is 12.2 Å². The van der Waals surface area contributed by atoms with E-state index in [0.717, 1.165) is 0 Å². The third-order valence-corrected chi connectivity index (χ3v) is 2.87. The van der Waals surface area contributed by atoms with Crippen LogP contribution in [-0.4, -0.2) is 37.5 Å². The number of hydrogen-bond acceptors (Lipinski definition) is 8. The molecular weight excluding hydrogens is 278 g/mol. The first-order valence-electron chi connectivity index (χ1n) is 5.38. The molecule has 0 spiro atoms. The van der Waals surface area contributed by atoms with Gasteiger partial charge in [-0.3, -0.25) is 4.18 Å². The maximum absolute atomic E-state index is 11.5. The largest absolute Gasteiger partial charge is 0.507 e. The van der Waals surface area contributed by atoms with Crippen molar-refractivity contribution < 1.29 is 27.2 Å². The summed E-state index contributed by atoms with van der Waals surface area (Å²) in [4.78, 5) is 22.0. The SMILES string of the molecule is CCS(=O)(=O)OC/C(O)=C(\N=O)C(=O)OC(C)(C)C. The molecule has 0 fully saturated rings. The quantitative estimate of drug-likeness (QED) is 0.257. The molecule has 0 aliphatic heterocycles. The molecule has 0 rings (SSSR count). The zero-order chi connectivity index (χ0) is 15.3. The Hall–Kier alpha value is -1.48. The summed E-state index contributed by atoms with van der Waals surface area (Å²) < 4.78 is 31.2. The van der Waals surface area contributed by atoms with Gasteiger partial charge in [0.2, 0.25) is 5.70 Å². The second kappa shape index (κ2) is 6.62. The fraction of sp³-hybridized carbons (Fsp3) is 0.700. The van der Waals surface area contributed by atoms with E-state index < -0.39 is 39.8 Å². The fourth-order valence-corrected chi connectivity index (χ4v) is 1.29. The smallest absolute Gasteiger partial charge is 0.364 e. The van der Waals surface area contributed by atoms with E-state index in [1.165, 1.54) is 6.92 Å². The third kappa shape index (κ3) is 6.87.